The number of carbonyl (C=O) groups is 12. The van der Waals surface area contributed by atoms with Gasteiger partial charge in [-0.05, 0) is 314 Å². The number of methoxy groups -OCH3 is 4. The van der Waals surface area contributed by atoms with Gasteiger partial charge < -0.3 is 102 Å². The third kappa shape index (κ3) is 173. The van der Waals surface area contributed by atoms with Crippen LogP contribution in [0.2, 0.25) is 0 Å². The fourth-order valence-corrected chi connectivity index (χ4v) is 26.0. The maximum atomic E-state index is 11.5. The summed E-state index contributed by atoms with van der Waals surface area (Å²) in [5, 5.41) is 61.4. The highest BCUT2D eigenvalue weighted by Crippen LogP contribution is 2.43. The van der Waals surface area contributed by atoms with Gasteiger partial charge in [0.05, 0.1) is 82.1 Å². The molecular weight excluding hydrogens is 2110 g/mol. The fraction of sp³-hybridized carbons (Fsp3) is 0.868. The molecular formula is C91H179O42P7S4. The number of aliphatic carboxylic acids is 4. The van der Waals surface area contributed by atoms with Gasteiger partial charge in [0.2, 0.25) is 0 Å². The first-order valence-corrected chi connectivity index (χ1v) is 65.1. The molecule has 0 fully saturated rings. The maximum Gasteiger partial charge on any atom is 0.425 e. The van der Waals surface area contributed by atoms with Crippen LogP contribution < -0.4 is 0 Å². The van der Waals surface area contributed by atoms with Crippen LogP contribution in [-0.2, 0) is 152 Å². The molecule has 0 rings (SSSR count). The Kier molecular flexibility index (Phi) is 135. The van der Waals surface area contributed by atoms with Crippen LogP contribution in [0.25, 0.3) is 0 Å². The van der Waals surface area contributed by atoms with E-state index in [0.717, 1.165) is 153 Å². The summed E-state index contributed by atoms with van der Waals surface area (Å²) in [6.07, 6.45) is 33.7. The summed E-state index contributed by atoms with van der Waals surface area (Å²) < 4.78 is 158. The fourth-order valence-electron chi connectivity index (χ4n) is 11.0. The van der Waals surface area contributed by atoms with Gasteiger partial charge in [-0.25, -0.2) is 0 Å². The number of carboxylic acids is 4. The molecule has 0 saturated heterocycles. The van der Waals surface area contributed by atoms with E-state index in [1.165, 1.54) is 32.5 Å². The lowest BCUT2D eigenvalue weighted by molar-refractivity contribution is -0.148. The van der Waals surface area contributed by atoms with Crippen molar-refractivity contribution in [2.24, 2.45) is 0 Å². The molecule has 0 bridgehead atoms. The van der Waals surface area contributed by atoms with E-state index in [1.807, 2.05) is 55.4 Å². The Morgan fingerprint density at radius 1 is 0.229 bits per heavy atom. The molecule has 0 aliphatic rings. The molecule has 0 aliphatic carbocycles. The monoisotopic (exact) mass is 2290 g/mol. The number of hydrogen-bond donors (Lipinski definition) is 7. The molecule has 0 radical (unpaired) electrons. The quantitative estimate of drug-likeness (QED) is 0.0129. The zero-order valence-corrected chi connectivity index (χ0v) is 98.8. The molecule has 0 aliphatic heterocycles. The van der Waals surface area contributed by atoms with Crippen LogP contribution in [0.4, 0.5) is 0 Å². The minimum absolute atomic E-state index is 0.0554. The van der Waals surface area contributed by atoms with Crippen molar-refractivity contribution >= 4 is 169 Å². The molecule has 0 heterocycles. The van der Waals surface area contributed by atoms with Crippen molar-refractivity contribution in [3.8, 4) is 0 Å². The third-order valence-corrected chi connectivity index (χ3v) is 35.0. The number of carboxylic acid groups (broad SMARTS) is 4. The van der Waals surface area contributed by atoms with Gasteiger partial charge in [-0.2, -0.15) is 0 Å². The highest BCUT2D eigenvalue weighted by atomic mass is 32.2. The molecule has 0 aromatic heterocycles. The van der Waals surface area contributed by atoms with Crippen LogP contribution in [0.1, 0.15) is 272 Å². The van der Waals surface area contributed by atoms with Gasteiger partial charge in [0, 0.05) is 125 Å². The second kappa shape index (κ2) is 120. The molecule has 144 heavy (non-hydrogen) atoms. The first kappa shape index (κ1) is 162. The summed E-state index contributed by atoms with van der Waals surface area (Å²) >= 11 is 0. The SMILES string of the molecule is CC(=O)CCCCP(CCCCC(=O)O)CCCCC(=O)OC(C)C.CC(=O)CCCP(CCCC(=O)O)CCCC(=O)OC(C)C.CC(=O)CCP(CCC(=O)O)CCC(=O)OC(C)C.COC(=O)CCP(CCC(=O)O)CCC(=O)OC(C)C.COCCCP(CCCO)CCCOC(C)C.COCCP(CCO)CCOC(C)C.COCP(CO)COC(C)C.O=S(=O)=O.O=S(=O)=O.O=S(=O)=O.O=S(=O)=O. The Hall–Kier alpha value is -4.63. The van der Waals surface area contributed by atoms with Crippen molar-refractivity contribution < 1.29 is 196 Å². The van der Waals surface area contributed by atoms with E-state index in [4.69, 9.17) is 134 Å². The number of unbranched alkanes of at least 4 members (excludes halogenated alkanes) is 3. The van der Waals surface area contributed by atoms with Gasteiger partial charge in [0.25, 0.3) is 0 Å². The molecule has 53 heteroatoms. The lowest BCUT2D eigenvalue weighted by Gasteiger charge is -2.17. The van der Waals surface area contributed by atoms with E-state index in [2.05, 4.69) is 18.6 Å². The summed E-state index contributed by atoms with van der Waals surface area (Å²) in [5.74, 6) is -3.77. The summed E-state index contributed by atoms with van der Waals surface area (Å²) in [4.78, 5) is 132. The molecule has 0 saturated carbocycles. The predicted octanol–water partition coefficient (Wildman–Crippen LogP) is 13.8. The van der Waals surface area contributed by atoms with Crippen molar-refractivity contribution in [2.75, 3.05) is 198 Å². The average Bonchev–Trinajstić information content (AvgIpc) is 0.960. The number of rotatable bonds is 76. The first-order chi connectivity index (χ1) is 67.3. The number of aliphatic hydroxyl groups is 3. The predicted molar refractivity (Wildman–Crippen MR) is 565 cm³/mol. The van der Waals surface area contributed by atoms with Gasteiger partial charge in [-0.3, -0.25) is 43.2 Å². The smallest absolute Gasteiger partial charge is 0.425 e. The molecule has 7 atom stereocenters. The van der Waals surface area contributed by atoms with Crippen LogP contribution in [0.3, 0.4) is 0 Å². The maximum absolute atomic E-state index is 11.5. The summed E-state index contributed by atoms with van der Waals surface area (Å²) in [6.45, 7) is 35.4. The van der Waals surface area contributed by atoms with Crippen LogP contribution in [0, 0.1) is 0 Å². The van der Waals surface area contributed by atoms with Crippen molar-refractivity contribution in [2.45, 2.75) is 315 Å². The number of ketones is 3. The number of ether oxygens (including phenoxy) is 11. The number of aliphatic hydroxyl groups excluding tert-OH is 3. The second-order valence-electron chi connectivity index (χ2n) is 33.4. The number of Topliss-reactive ketones (excluding diaryl/α,β-unsaturated/α-hetero) is 3. The van der Waals surface area contributed by atoms with Crippen molar-refractivity contribution in [1.29, 1.82) is 0 Å². The van der Waals surface area contributed by atoms with Crippen LogP contribution in [0.5, 0.6) is 0 Å². The van der Waals surface area contributed by atoms with E-state index >= 15 is 0 Å². The zero-order valence-electron chi connectivity index (χ0n) is 89.3. The van der Waals surface area contributed by atoms with E-state index in [0.29, 0.717) is 113 Å². The molecule has 854 valence electrons. The minimum atomic E-state index is -3.11. The number of carbonyl (C=O) groups excluding carboxylic acids is 8. The standard InChI is InChI=1S/C19H35O5P.C16H29O5P.C13H23O6P.C13H23O5P.C13H29O3P.C10H23O3P.C7H17O3P.4O3S/c1-16(2)24-19(23)12-6-9-15-25(13-7-4-10-17(3)20)14-8-5-11-18(21)22;1-13(2)21-16(20)9-6-12-22(10-4-7-14(3)17)11-5-8-15(18)19;1-10(2)19-13(17)6-9-20(7-4-11(14)15)8-5-12(16)18-3;1-10(2)18-13(17)6-9-19(7-4-11(3)14)8-5-12(15)16;1-13(2)16-9-6-12-17(10-4-7-14)11-5-8-15-3;1-10(2)13-6-9-14(7-4-11)8-5-12-3;1-7(2)10-6-11(4-8)5-9-3;4*1-4(2)3/h16H,4-15H2,1-3H3,(H,21,22);13H,4-12H2,1-3H3,(H,18,19);10H,4-9H2,1-3H3,(H,14,15);10H,4-9H2,1-3H3,(H,15,16);13-14H,4-12H2,1-3H3;10-11H,4-9H2,1-3H3;7-8H,4-6H2,1-3H3;;;;. The number of hydrogen-bond acceptors (Lipinski definition) is 38. The Labute approximate surface area is 872 Å². The molecule has 42 nitrogen and oxygen atoms in total. The molecule has 0 aromatic rings. The van der Waals surface area contributed by atoms with Gasteiger partial charge in [-0.15, -0.1) is 90.1 Å². The normalized spacial score (nSPS) is 11.9. The summed E-state index contributed by atoms with van der Waals surface area (Å²) in [5.41, 5.74) is 0. The van der Waals surface area contributed by atoms with Crippen molar-refractivity contribution in [3.63, 3.8) is 0 Å². The topological polar surface area (TPSA) is 653 Å². The summed E-state index contributed by atoms with van der Waals surface area (Å²) in [6, 6.07) is 0. The second-order valence-corrected chi connectivity index (χ2v) is 53.2. The molecule has 0 amide bonds. The lowest BCUT2D eigenvalue weighted by Crippen LogP contribution is -2.13. The van der Waals surface area contributed by atoms with Crippen molar-refractivity contribution in [1.82, 2.24) is 0 Å². The number of esters is 5. The van der Waals surface area contributed by atoms with Gasteiger partial charge in [-0.1, -0.05) is 7.92 Å². The van der Waals surface area contributed by atoms with E-state index < -0.39 is 90.1 Å². The lowest BCUT2D eigenvalue weighted by atomic mass is 10.2. The van der Waals surface area contributed by atoms with Crippen molar-refractivity contribution in [3.05, 3.63) is 0 Å². The zero-order chi connectivity index (χ0) is 113. The Balaban J connectivity index is -0.000000156. The Morgan fingerprint density at radius 3 is 0.819 bits per heavy atom. The molecule has 0 spiro atoms. The average molecular weight is 2290 g/mol. The van der Waals surface area contributed by atoms with E-state index in [1.54, 1.807) is 62.9 Å². The van der Waals surface area contributed by atoms with Gasteiger partial charge in [0.15, 0.2) is 0 Å². The summed E-state index contributed by atoms with van der Waals surface area (Å²) in [7, 11) is -8.19. The molecule has 7 unspecified atom stereocenters. The highest BCUT2D eigenvalue weighted by molar-refractivity contribution is 7.60. The highest BCUT2D eigenvalue weighted by Gasteiger charge is 2.20. The molecule has 7 N–H and O–H groups in total. The minimum Gasteiger partial charge on any atom is -0.481 e. The largest absolute Gasteiger partial charge is 0.481 e. The Morgan fingerprint density at radius 2 is 0.493 bits per heavy atom. The first-order valence-electron chi connectivity index (χ1n) is 47.8. The van der Waals surface area contributed by atoms with Gasteiger partial charge >= 0.3 is 96.2 Å². The van der Waals surface area contributed by atoms with Crippen LogP contribution >= 0.6 is 55.5 Å². The third-order valence-electron chi connectivity index (χ3n) is 17.4. The van der Waals surface area contributed by atoms with E-state index in [9.17, 15) is 57.5 Å². The van der Waals surface area contributed by atoms with E-state index in [-0.39, 0.29) is 161 Å². The Bertz CT molecular complexity index is 3470. The van der Waals surface area contributed by atoms with Crippen LogP contribution in [0.15, 0.2) is 0 Å². The van der Waals surface area contributed by atoms with Crippen LogP contribution in [-0.4, -0.2) is 398 Å². The van der Waals surface area contributed by atoms with Gasteiger partial charge in [0.1, 0.15) is 17.3 Å². The molecule has 0 aromatic carbocycles.